The molecule has 0 fully saturated rings. The molecule has 0 N–H and O–H groups in total. The highest BCUT2D eigenvalue weighted by Gasteiger charge is 2.18. The quantitative estimate of drug-likeness (QED) is 0.271. The molecule has 0 spiro atoms. The van der Waals surface area contributed by atoms with Crippen LogP contribution in [0.25, 0.3) is 28.4 Å². The second-order valence-corrected chi connectivity index (χ2v) is 8.76. The largest absolute Gasteiger partial charge is 0.497 e. The number of aryl methyl sites for hydroxylation is 1. The topological polar surface area (TPSA) is 65.7 Å². The van der Waals surface area contributed by atoms with Crippen LogP contribution in [-0.2, 0) is 0 Å². The zero-order valence-electron chi connectivity index (χ0n) is 21.4. The van der Waals surface area contributed by atoms with Crippen molar-refractivity contribution >= 4 is 23.2 Å². The van der Waals surface area contributed by atoms with Crippen LogP contribution in [0.2, 0.25) is 0 Å². The van der Waals surface area contributed by atoms with E-state index < -0.39 is 0 Å². The number of fused-ring (bicyclic) bond motifs is 1. The van der Waals surface area contributed by atoms with Gasteiger partial charge in [-0.1, -0.05) is 44.2 Å². The molecule has 4 aromatic rings. The summed E-state index contributed by atoms with van der Waals surface area (Å²) in [7, 11) is 1.64. The average Bonchev–Trinajstić information content (AvgIpc) is 2.88. The van der Waals surface area contributed by atoms with E-state index in [9.17, 15) is 4.79 Å². The third-order valence-corrected chi connectivity index (χ3v) is 5.95. The van der Waals surface area contributed by atoms with Crippen molar-refractivity contribution in [2.24, 2.45) is 5.10 Å². The van der Waals surface area contributed by atoms with Gasteiger partial charge in [0, 0.05) is 11.8 Å². The van der Waals surface area contributed by atoms with E-state index in [2.05, 4.69) is 25.0 Å². The highest BCUT2D eigenvalue weighted by Crippen LogP contribution is 2.34. The van der Waals surface area contributed by atoms with Gasteiger partial charge in [0.25, 0.3) is 5.56 Å². The number of hydrogen-bond acceptors (Lipinski definition) is 5. The molecule has 0 bridgehead atoms. The van der Waals surface area contributed by atoms with Crippen molar-refractivity contribution in [3.63, 3.8) is 0 Å². The SMILES string of the molecule is CCOc1cc(C)c(-c2nc3ccccc3c(=O)n2N=C/C=C/c2ccc(OC)cc2)cc1C(C)C. The monoisotopic (exact) mass is 481 g/mol. The van der Waals surface area contributed by atoms with E-state index >= 15 is 0 Å². The molecular formula is C30H31N3O3. The van der Waals surface area contributed by atoms with E-state index in [0.717, 1.165) is 33.8 Å². The van der Waals surface area contributed by atoms with Crippen LogP contribution in [0.5, 0.6) is 11.5 Å². The molecule has 0 atom stereocenters. The molecular weight excluding hydrogens is 450 g/mol. The van der Waals surface area contributed by atoms with Crippen LogP contribution in [0.15, 0.2) is 76.6 Å². The lowest BCUT2D eigenvalue weighted by Gasteiger charge is -2.18. The van der Waals surface area contributed by atoms with Gasteiger partial charge in [-0.2, -0.15) is 9.78 Å². The minimum absolute atomic E-state index is 0.218. The van der Waals surface area contributed by atoms with Crippen molar-refractivity contribution < 1.29 is 9.47 Å². The van der Waals surface area contributed by atoms with Crippen molar-refractivity contribution in [2.45, 2.75) is 33.6 Å². The average molecular weight is 482 g/mol. The minimum Gasteiger partial charge on any atom is -0.497 e. The second kappa shape index (κ2) is 11.0. The van der Waals surface area contributed by atoms with Gasteiger partial charge >= 0.3 is 0 Å². The van der Waals surface area contributed by atoms with Crippen LogP contribution in [0.4, 0.5) is 0 Å². The van der Waals surface area contributed by atoms with Crippen LogP contribution < -0.4 is 15.0 Å². The number of para-hydroxylation sites is 1. The zero-order valence-corrected chi connectivity index (χ0v) is 21.4. The first-order chi connectivity index (χ1) is 17.4. The van der Waals surface area contributed by atoms with Crippen LogP contribution >= 0.6 is 0 Å². The van der Waals surface area contributed by atoms with Gasteiger partial charge in [-0.05, 0) is 78.9 Å². The Morgan fingerprint density at radius 3 is 2.53 bits per heavy atom. The highest BCUT2D eigenvalue weighted by atomic mass is 16.5. The number of nitrogens with zero attached hydrogens (tertiary/aromatic N) is 3. The normalized spacial score (nSPS) is 11.7. The molecule has 0 saturated carbocycles. The molecule has 1 aromatic heterocycles. The Labute approximate surface area is 211 Å². The third kappa shape index (κ3) is 5.23. The fraction of sp³-hybridized carbons (Fsp3) is 0.233. The van der Waals surface area contributed by atoms with Gasteiger partial charge in [-0.15, -0.1) is 0 Å². The fourth-order valence-corrected chi connectivity index (χ4v) is 4.05. The maximum Gasteiger partial charge on any atom is 0.282 e. The second-order valence-electron chi connectivity index (χ2n) is 8.76. The summed E-state index contributed by atoms with van der Waals surface area (Å²) in [4.78, 5) is 18.4. The Bertz CT molecular complexity index is 1480. The van der Waals surface area contributed by atoms with Crippen LogP contribution in [0.1, 0.15) is 43.4 Å². The molecule has 3 aromatic carbocycles. The number of methoxy groups -OCH3 is 1. The summed E-state index contributed by atoms with van der Waals surface area (Å²) in [6.45, 7) is 8.81. The molecule has 6 heteroatoms. The van der Waals surface area contributed by atoms with Gasteiger partial charge in [0.1, 0.15) is 11.5 Å². The summed E-state index contributed by atoms with van der Waals surface area (Å²) >= 11 is 0. The first-order valence-electron chi connectivity index (χ1n) is 12.1. The molecule has 4 rings (SSSR count). The van der Waals surface area contributed by atoms with E-state index in [0.29, 0.717) is 23.3 Å². The first kappa shape index (κ1) is 24.9. The number of aromatic nitrogens is 2. The van der Waals surface area contributed by atoms with Crippen molar-refractivity contribution in [1.29, 1.82) is 0 Å². The Kier molecular flexibility index (Phi) is 7.64. The fourth-order valence-electron chi connectivity index (χ4n) is 4.05. The number of allylic oxidation sites excluding steroid dienone is 1. The Morgan fingerprint density at radius 2 is 1.83 bits per heavy atom. The molecule has 0 amide bonds. The van der Waals surface area contributed by atoms with Crippen LogP contribution in [0.3, 0.4) is 0 Å². The van der Waals surface area contributed by atoms with Gasteiger partial charge in [0.05, 0.1) is 24.6 Å². The van der Waals surface area contributed by atoms with Gasteiger partial charge in [0.15, 0.2) is 5.82 Å². The predicted octanol–water partition coefficient (Wildman–Crippen LogP) is 6.45. The Balaban J connectivity index is 1.83. The van der Waals surface area contributed by atoms with Crippen LogP contribution in [-0.4, -0.2) is 29.6 Å². The van der Waals surface area contributed by atoms with E-state index in [-0.39, 0.29) is 11.5 Å². The number of benzene rings is 3. The molecule has 0 aliphatic heterocycles. The summed E-state index contributed by atoms with van der Waals surface area (Å²) in [6.07, 6.45) is 5.33. The summed E-state index contributed by atoms with van der Waals surface area (Å²) in [6, 6.07) is 19.1. The minimum atomic E-state index is -0.218. The van der Waals surface area contributed by atoms with E-state index in [1.54, 1.807) is 25.5 Å². The van der Waals surface area contributed by atoms with Crippen molar-refractivity contribution in [2.75, 3.05) is 13.7 Å². The van der Waals surface area contributed by atoms with Crippen molar-refractivity contribution in [1.82, 2.24) is 9.66 Å². The summed E-state index contributed by atoms with van der Waals surface area (Å²) in [5.74, 6) is 2.39. The van der Waals surface area contributed by atoms with Crippen molar-refractivity contribution in [3.05, 3.63) is 93.8 Å². The van der Waals surface area contributed by atoms with E-state index in [4.69, 9.17) is 14.5 Å². The molecule has 0 unspecified atom stereocenters. The molecule has 36 heavy (non-hydrogen) atoms. The van der Waals surface area contributed by atoms with Gasteiger partial charge in [0.2, 0.25) is 0 Å². The van der Waals surface area contributed by atoms with E-state index in [1.165, 1.54) is 4.68 Å². The lowest BCUT2D eigenvalue weighted by Crippen LogP contribution is -2.20. The first-order valence-corrected chi connectivity index (χ1v) is 12.1. The standard InChI is InChI=1S/C30H31N3O3/c1-6-36-28-18-21(4)26(19-25(28)20(2)3)29-32-27-12-8-7-11-24(27)30(34)33(29)31-17-9-10-22-13-15-23(35-5)16-14-22/h7-20H,6H2,1-5H3/b10-9+,31-17?. The van der Waals surface area contributed by atoms with Gasteiger partial charge < -0.3 is 9.47 Å². The highest BCUT2D eigenvalue weighted by molar-refractivity contribution is 5.82. The van der Waals surface area contributed by atoms with Gasteiger partial charge in [-0.25, -0.2) is 4.98 Å². The molecule has 6 nitrogen and oxygen atoms in total. The molecule has 0 aliphatic carbocycles. The molecule has 0 saturated heterocycles. The zero-order chi connectivity index (χ0) is 25.7. The third-order valence-electron chi connectivity index (χ3n) is 5.95. The number of ether oxygens (including phenoxy) is 2. The smallest absolute Gasteiger partial charge is 0.282 e. The number of hydrogen-bond donors (Lipinski definition) is 0. The molecule has 184 valence electrons. The molecule has 1 heterocycles. The molecule has 0 aliphatic rings. The lowest BCUT2D eigenvalue weighted by molar-refractivity contribution is 0.335. The van der Waals surface area contributed by atoms with Gasteiger partial charge in [-0.3, -0.25) is 4.79 Å². The summed E-state index contributed by atoms with van der Waals surface area (Å²) in [5, 5.41) is 5.05. The maximum atomic E-state index is 13.5. The Hall–Kier alpha value is -4.19. The van der Waals surface area contributed by atoms with E-state index in [1.807, 2.05) is 68.5 Å². The predicted molar refractivity (Wildman–Crippen MR) is 147 cm³/mol. The van der Waals surface area contributed by atoms with Crippen LogP contribution in [0, 0.1) is 6.92 Å². The summed E-state index contributed by atoms with van der Waals surface area (Å²) in [5.41, 5.74) is 4.29. The number of rotatable bonds is 8. The maximum absolute atomic E-state index is 13.5. The Morgan fingerprint density at radius 1 is 1.08 bits per heavy atom. The summed E-state index contributed by atoms with van der Waals surface area (Å²) < 4.78 is 12.5. The van der Waals surface area contributed by atoms with Crippen molar-refractivity contribution in [3.8, 4) is 22.9 Å². The molecule has 0 radical (unpaired) electrons. The lowest BCUT2D eigenvalue weighted by atomic mass is 9.96.